The maximum atomic E-state index is 13.3. The number of nitrogens with two attached hydrogens (primary N) is 2. The summed E-state index contributed by atoms with van der Waals surface area (Å²) >= 11 is 0. The normalized spacial score (nSPS) is 11.3. The maximum Gasteiger partial charge on any atom is 0.255 e. The number of fused-ring (bicyclic) bond motifs is 3. The molecule has 0 unspecified atom stereocenters. The van der Waals surface area contributed by atoms with Gasteiger partial charge in [-0.1, -0.05) is 30.3 Å². The number of nitrogens with one attached hydrogen (secondary N) is 3. The fourth-order valence-corrected chi connectivity index (χ4v) is 4.98. The van der Waals surface area contributed by atoms with E-state index in [2.05, 4.69) is 15.6 Å². The van der Waals surface area contributed by atoms with Crippen LogP contribution < -0.4 is 22.1 Å². The number of hydrogen-bond acceptors (Lipinski definition) is 5. The lowest BCUT2D eigenvalue weighted by atomic mass is 9.92. The van der Waals surface area contributed by atoms with Crippen molar-refractivity contribution in [2.24, 2.45) is 11.5 Å². The number of aromatic amines is 1. The number of carbonyl (C=O) groups is 2. The van der Waals surface area contributed by atoms with Crippen molar-refractivity contribution in [1.29, 1.82) is 0 Å². The number of anilines is 1. The predicted octanol–water partition coefficient (Wildman–Crippen LogP) is 4.67. The van der Waals surface area contributed by atoms with Gasteiger partial charge in [-0.05, 0) is 64.7 Å². The fourth-order valence-electron chi connectivity index (χ4n) is 4.98. The van der Waals surface area contributed by atoms with Gasteiger partial charge in [0.15, 0.2) is 0 Å². The number of hydrogen-bond donors (Lipinski definition) is 5. The number of aromatic nitrogens is 1. The molecule has 0 saturated carbocycles. The summed E-state index contributed by atoms with van der Waals surface area (Å²) in [6.07, 6.45) is 0. The second-order valence-electron chi connectivity index (χ2n) is 9.45. The van der Waals surface area contributed by atoms with E-state index in [1.807, 2.05) is 36.4 Å². The summed E-state index contributed by atoms with van der Waals surface area (Å²) in [6, 6.07) is 20.6. The number of primary amides is 1. The van der Waals surface area contributed by atoms with Crippen molar-refractivity contribution in [2.75, 3.05) is 25.6 Å². The van der Waals surface area contributed by atoms with Crippen LogP contribution in [0, 0.1) is 5.82 Å². The van der Waals surface area contributed by atoms with Crippen LogP contribution in [-0.2, 0) is 17.8 Å². The summed E-state index contributed by atoms with van der Waals surface area (Å²) < 4.78 is 18.4. The van der Waals surface area contributed by atoms with Gasteiger partial charge in [0.1, 0.15) is 5.82 Å². The molecule has 0 aliphatic rings. The first-order valence-corrected chi connectivity index (χ1v) is 12.9. The maximum absolute atomic E-state index is 13.3. The smallest absolute Gasteiger partial charge is 0.255 e. The number of methoxy groups -OCH3 is 1. The highest BCUT2D eigenvalue weighted by molar-refractivity contribution is 6.20. The van der Waals surface area contributed by atoms with Crippen LogP contribution in [0.5, 0.6) is 0 Å². The molecule has 0 fully saturated rings. The first kappa shape index (κ1) is 27.0. The summed E-state index contributed by atoms with van der Waals surface area (Å²) in [5.74, 6) is -1.33. The minimum absolute atomic E-state index is 0.147. The van der Waals surface area contributed by atoms with Crippen LogP contribution in [0.3, 0.4) is 0 Å². The number of benzene rings is 4. The molecule has 5 rings (SSSR count). The molecule has 0 spiro atoms. The standard InChI is InChI=1S/C31H30FN5O3/c1-40-14-13-35-17-18-5-10-23-27(15-18)36-29-24(30(34)38)12-11-22(28(23)29)21-3-2-4-26(25(21)16-33)37-31(39)19-6-8-20(32)9-7-19/h2-12,15,35-36H,13-14,16-17,33H2,1H3,(H2,34,38)(H,37,39). The number of amides is 2. The molecule has 2 amide bonds. The molecule has 9 heteroatoms. The molecule has 1 heterocycles. The topological polar surface area (TPSA) is 135 Å². The Morgan fingerprint density at radius 2 is 1.80 bits per heavy atom. The van der Waals surface area contributed by atoms with Crippen molar-refractivity contribution >= 4 is 39.3 Å². The highest BCUT2D eigenvalue weighted by Gasteiger charge is 2.20. The Bertz CT molecular complexity index is 1710. The lowest BCUT2D eigenvalue weighted by molar-refractivity contribution is 0.0998. The molecule has 0 atom stereocenters. The van der Waals surface area contributed by atoms with Gasteiger partial charge in [-0.2, -0.15) is 0 Å². The van der Waals surface area contributed by atoms with Crippen LogP contribution in [-0.4, -0.2) is 37.1 Å². The predicted molar refractivity (Wildman–Crippen MR) is 156 cm³/mol. The molecule has 8 nitrogen and oxygen atoms in total. The van der Waals surface area contributed by atoms with E-state index in [1.54, 1.807) is 19.2 Å². The number of H-pyrrole nitrogens is 1. The minimum Gasteiger partial charge on any atom is -0.383 e. The van der Waals surface area contributed by atoms with E-state index in [1.165, 1.54) is 24.3 Å². The van der Waals surface area contributed by atoms with Gasteiger partial charge in [0.25, 0.3) is 11.8 Å². The molecular weight excluding hydrogens is 509 g/mol. The van der Waals surface area contributed by atoms with E-state index in [4.69, 9.17) is 16.2 Å². The second kappa shape index (κ2) is 11.7. The zero-order valence-corrected chi connectivity index (χ0v) is 22.0. The van der Waals surface area contributed by atoms with Crippen molar-refractivity contribution in [3.05, 3.63) is 101 Å². The van der Waals surface area contributed by atoms with Crippen molar-refractivity contribution in [3.8, 4) is 11.1 Å². The van der Waals surface area contributed by atoms with E-state index < -0.39 is 11.7 Å². The van der Waals surface area contributed by atoms with Crippen molar-refractivity contribution in [2.45, 2.75) is 13.1 Å². The lowest BCUT2D eigenvalue weighted by Crippen LogP contribution is -2.18. The third-order valence-corrected chi connectivity index (χ3v) is 6.92. The number of ether oxygens (including phenoxy) is 1. The average Bonchev–Trinajstić information content (AvgIpc) is 3.33. The van der Waals surface area contributed by atoms with Gasteiger partial charge < -0.3 is 31.8 Å². The Kier molecular flexibility index (Phi) is 7.88. The Morgan fingerprint density at radius 1 is 1.00 bits per heavy atom. The van der Waals surface area contributed by atoms with E-state index in [9.17, 15) is 14.0 Å². The third-order valence-electron chi connectivity index (χ3n) is 6.92. The molecule has 5 aromatic rings. The number of halogens is 1. The van der Waals surface area contributed by atoms with Crippen molar-refractivity contribution in [3.63, 3.8) is 0 Å². The summed E-state index contributed by atoms with van der Waals surface area (Å²) in [5, 5.41) is 8.02. The van der Waals surface area contributed by atoms with Gasteiger partial charge in [-0.25, -0.2) is 4.39 Å². The van der Waals surface area contributed by atoms with Crippen LogP contribution in [0.4, 0.5) is 10.1 Å². The van der Waals surface area contributed by atoms with Crippen LogP contribution >= 0.6 is 0 Å². The fraction of sp³-hybridized carbons (Fsp3) is 0.161. The second-order valence-corrected chi connectivity index (χ2v) is 9.45. The quantitative estimate of drug-likeness (QED) is 0.164. The lowest BCUT2D eigenvalue weighted by Gasteiger charge is -2.16. The zero-order valence-electron chi connectivity index (χ0n) is 22.0. The van der Waals surface area contributed by atoms with E-state index in [0.717, 1.165) is 45.1 Å². The monoisotopic (exact) mass is 539 g/mol. The van der Waals surface area contributed by atoms with Gasteiger partial charge in [0.05, 0.1) is 17.7 Å². The number of carbonyl (C=O) groups excluding carboxylic acids is 2. The summed E-state index contributed by atoms with van der Waals surface area (Å²) in [6.45, 7) is 2.16. The summed E-state index contributed by atoms with van der Waals surface area (Å²) in [4.78, 5) is 28.7. The Labute approximate surface area is 230 Å². The van der Waals surface area contributed by atoms with Crippen LogP contribution in [0.15, 0.2) is 72.8 Å². The van der Waals surface area contributed by atoms with Crippen molar-refractivity contribution < 1.29 is 18.7 Å². The molecule has 0 aliphatic heterocycles. The van der Waals surface area contributed by atoms with Gasteiger partial charge in [-0.3, -0.25) is 9.59 Å². The largest absolute Gasteiger partial charge is 0.383 e. The molecule has 1 aromatic heterocycles. The Morgan fingerprint density at radius 3 is 2.52 bits per heavy atom. The van der Waals surface area contributed by atoms with E-state index in [0.29, 0.717) is 35.5 Å². The van der Waals surface area contributed by atoms with E-state index in [-0.39, 0.29) is 12.5 Å². The van der Waals surface area contributed by atoms with Crippen molar-refractivity contribution in [1.82, 2.24) is 10.3 Å². The molecular formula is C31H30FN5O3. The minimum atomic E-state index is -0.538. The average molecular weight is 540 g/mol. The summed E-state index contributed by atoms with van der Waals surface area (Å²) in [5.41, 5.74) is 18.2. The summed E-state index contributed by atoms with van der Waals surface area (Å²) in [7, 11) is 1.66. The van der Waals surface area contributed by atoms with E-state index >= 15 is 0 Å². The van der Waals surface area contributed by atoms with Crippen LogP contribution in [0.1, 0.15) is 31.8 Å². The Hall–Kier alpha value is -4.57. The third kappa shape index (κ3) is 5.30. The first-order chi connectivity index (χ1) is 19.4. The SMILES string of the molecule is COCCNCc1ccc2c(c1)[nH]c1c(C(N)=O)ccc(-c3cccc(NC(=O)c4ccc(F)cc4)c3CN)c12. The zero-order chi connectivity index (χ0) is 28.2. The van der Waals surface area contributed by atoms with Gasteiger partial charge in [0, 0.05) is 54.3 Å². The van der Waals surface area contributed by atoms with Gasteiger partial charge in [-0.15, -0.1) is 0 Å². The number of rotatable bonds is 10. The molecule has 0 saturated heterocycles. The first-order valence-electron chi connectivity index (χ1n) is 12.9. The highest BCUT2D eigenvalue weighted by atomic mass is 19.1. The molecule has 204 valence electrons. The molecule has 40 heavy (non-hydrogen) atoms. The molecule has 4 aromatic carbocycles. The highest BCUT2D eigenvalue weighted by Crippen LogP contribution is 2.39. The Balaban J connectivity index is 1.60. The van der Waals surface area contributed by atoms with Gasteiger partial charge >= 0.3 is 0 Å². The van der Waals surface area contributed by atoms with Gasteiger partial charge in [0.2, 0.25) is 0 Å². The molecule has 0 aliphatic carbocycles. The molecule has 0 radical (unpaired) electrons. The molecule has 0 bridgehead atoms. The van der Waals surface area contributed by atoms with Crippen LogP contribution in [0.2, 0.25) is 0 Å². The molecule has 7 N–H and O–H groups in total. The van der Waals surface area contributed by atoms with Crippen LogP contribution in [0.25, 0.3) is 32.9 Å².